The van der Waals surface area contributed by atoms with Gasteiger partial charge >= 0.3 is 6.09 Å². The number of phenolic OH excluding ortho intramolecular Hbond substituents is 1. The van der Waals surface area contributed by atoms with Crippen LogP contribution >= 0.6 is 0 Å². The van der Waals surface area contributed by atoms with E-state index in [0.717, 1.165) is 12.1 Å². The van der Waals surface area contributed by atoms with Crippen molar-refractivity contribution in [1.82, 2.24) is 4.90 Å². The Morgan fingerprint density at radius 1 is 1.17 bits per heavy atom. The van der Waals surface area contributed by atoms with Crippen molar-refractivity contribution in [3.05, 3.63) is 53.8 Å². The minimum Gasteiger partial charge on any atom is -0.508 e. The monoisotopic (exact) mass is 421 g/mol. The van der Waals surface area contributed by atoms with Gasteiger partial charge < -0.3 is 14.7 Å². The Hall–Kier alpha value is -2.61. The van der Waals surface area contributed by atoms with Gasteiger partial charge in [-0.25, -0.2) is 17.6 Å². The second-order valence-electron chi connectivity index (χ2n) is 8.09. The topological polar surface area (TPSA) is 83.9 Å². The fourth-order valence-electron chi connectivity index (χ4n) is 3.31. The normalized spacial score (nSPS) is 17.4. The maximum atomic E-state index is 13.4. The first-order chi connectivity index (χ1) is 13.5. The molecule has 1 saturated heterocycles. The van der Waals surface area contributed by atoms with Gasteiger partial charge in [0.05, 0.1) is 9.79 Å². The summed E-state index contributed by atoms with van der Waals surface area (Å²) in [5.74, 6) is -0.952. The summed E-state index contributed by atoms with van der Waals surface area (Å²) < 4.78 is 44.2. The van der Waals surface area contributed by atoms with E-state index in [1.165, 1.54) is 24.3 Å². The molecule has 0 bridgehead atoms. The fourth-order valence-corrected chi connectivity index (χ4v) is 4.62. The number of carbonyl (C=O) groups excluding carboxylic acids is 1. The van der Waals surface area contributed by atoms with E-state index in [9.17, 15) is 22.7 Å². The number of amides is 1. The van der Waals surface area contributed by atoms with Gasteiger partial charge in [0.2, 0.25) is 9.84 Å². The number of phenols is 1. The molecule has 0 radical (unpaired) electrons. The van der Waals surface area contributed by atoms with E-state index in [1.807, 2.05) is 0 Å². The van der Waals surface area contributed by atoms with E-state index >= 15 is 0 Å². The molecule has 156 valence electrons. The minimum absolute atomic E-state index is 0.119. The molecular formula is C21H24FNO5S. The van der Waals surface area contributed by atoms with Gasteiger partial charge in [0.15, 0.2) is 0 Å². The fraction of sp³-hybridized carbons (Fsp3) is 0.381. The Bertz CT molecular complexity index is 1030. The van der Waals surface area contributed by atoms with E-state index < -0.39 is 27.3 Å². The van der Waals surface area contributed by atoms with Gasteiger partial charge in [0.1, 0.15) is 17.2 Å². The van der Waals surface area contributed by atoms with Crippen LogP contribution in [-0.4, -0.2) is 43.2 Å². The Morgan fingerprint density at radius 3 is 2.48 bits per heavy atom. The Kier molecular flexibility index (Phi) is 5.58. The summed E-state index contributed by atoms with van der Waals surface area (Å²) in [6.07, 6.45) is 0.216. The average Bonchev–Trinajstić information content (AvgIpc) is 3.10. The quantitative estimate of drug-likeness (QED) is 0.807. The van der Waals surface area contributed by atoms with Crippen LogP contribution in [0.1, 0.15) is 38.7 Å². The number of benzene rings is 2. The van der Waals surface area contributed by atoms with Crippen LogP contribution in [0.4, 0.5) is 9.18 Å². The second-order valence-corrected chi connectivity index (χ2v) is 10.0. The molecule has 8 heteroatoms. The summed E-state index contributed by atoms with van der Waals surface area (Å²) in [4.78, 5) is 13.5. The molecule has 29 heavy (non-hydrogen) atoms. The largest absolute Gasteiger partial charge is 0.508 e. The molecule has 1 aliphatic heterocycles. The van der Waals surface area contributed by atoms with Gasteiger partial charge in [-0.05, 0) is 63.1 Å². The van der Waals surface area contributed by atoms with Crippen LogP contribution in [0, 0.1) is 5.82 Å². The number of carbonyl (C=O) groups is 1. The maximum absolute atomic E-state index is 13.4. The van der Waals surface area contributed by atoms with Crippen LogP contribution in [0.3, 0.4) is 0 Å². The average molecular weight is 421 g/mol. The number of nitrogens with zero attached hydrogens (tertiary/aromatic N) is 1. The van der Waals surface area contributed by atoms with Gasteiger partial charge in [-0.15, -0.1) is 0 Å². The molecule has 1 aliphatic rings. The van der Waals surface area contributed by atoms with Gasteiger partial charge in [0, 0.05) is 19.0 Å². The molecule has 1 fully saturated rings. The lowest BCUT2D eigenvalue weighted by Crippen LogP contribution is -2.35. The van der Waals surface area contributed by atoms with Crippen molar-refractivity contribution in [2.24, 2.45) is 0 Å². The highest BCUT2D eigenvalue weighted by atomic mass is 32.2. The SMILES string of the molecule is CC(C)(C)OC(=O)N1CC[C@@H](c2ccc(S(=O)(=O)c3cccc(F)c3)cc2O)C1. The van der Waals surface area contributed by atoms with Crippen LogP contribution in [-0.2, 0) is 14.6 Å². The van der Waals surface area contributed by atoms with Crippen LogP contribution in [0.15, 0.2) is 52.3 Å². The zero-order valence-corrected chi connectivity index (χ0v) is 17.4. The number of hydrogen-bond donors (Lipinski definition) is 1. The molecule has 1 amide bonds. The van der Waals surface area contributed by atoms with Crippen molar-refractivity contribution < 1.29 is 27.4 Å². The first-order valence-corrected chi connectivity index (χ1v) is 10.8. The van der Waals surface area contributed by atoms with Gasteiger partial charge in [-0.2, -0.15) is 0 Å². The first-order valence-electron chi connectivity index (χ1n) is 9.29. The zero-order valence-electron chi connectivity index (χ0n) is 16.6. The zero-order chi connectivity index (χ0) is 21.4. The summed E-state index contributed by atoms with van der Waals surface area (Å²) in [7, 11) is -3.95. The third-order valence-electron chi connectivity index (χ3n) is 4.70. The molecule has 0 unspecified atom stereocenters. The third kappa shape index (κ3) is 4.70. The van der Waals surface area contributed by atoms with Crippen LogP contribution in [0.2, 0.25) is 0 Å². The molecule has 1 heterocycles. The van der Waals surface area contributed by atoms with Gasteiger partial charge in [-0.1, -0.05) is 12.1 Å². The van der Waals surface area contributed by atoms with Crippen molar-refractivity contribution in [3.8, 4) is 5.75 Å². The Balaban J connectivity index is 1.79. The summed E-state index contributed by atoms with van der Waals surface area (Å²) in [6.45, 7) is 6.24. The molecule has 1 atom stereocenters. The maximum Gasteiger partial charge on any atom is 0.410 e. The van der Waals surface area contributed by atoms with E-state index in [1.54, 1.807) is 31.7 Å². The van der Waals surface area contributed by atoms with Crippen molar-refractivity contribution in [2.75, 3.05) is 13.1 Å². The Morgan fingerprint density at radius 2 is 1.86 bits per heavy atom. The lowest BCUT2D eigenvalue weighted by atomic mass is 9.97. The molecule has 0 aliphatic carbocycles. The molecule has 3 rings (SSSR count). The summed E-state index contributed by atoms with van der Waals surface area (Å²) in [6, 6.07) is 8.84. The third-order valence-corrected chi connectivity index (χ3v) is 6.45. The van der Waals surface area contributed by atoms with Crippen LogP contribution in [0.25, 0.3) is 0 Å². The van der Waals surface area contributed by atoms with E-state index in [0.29, 0.717) is 25.1 Å². The molecule has 0 spiro atoms. The molecule has 0 aromatic heterocycles. The summed E-state index contributed by atoms with van der Waals surface area (Å²) in [5.41, 5.74) is -0.0289. The summed E-state index contributed by atoms with van der Waals surface area (Å²) >= 11 is 0. The molecule has 2 aromatic carbocycles. The van der Waals surface area contributed by atoms with Gasteiger partial charge in [-0.3, -0.25) is 0 Å². The molecular weight excluding hydrogens is 397 g/mol. The molecule has 1 N–H and O–H groups in total. The predicted molar refractivity (Wildman–Crippen MR) is 105 cm³/mol. The molecule has 6 nitrogen and oxygen atoms in total. The lowest BCUT2D eigenvalue weighted by Gasteiger charge is -2.24. The van der Waals surface area contributed by atoms with Crippen molar-refractivity contribution in [3.63, 3.8) is 0 Å². The van der Waals surface area contributed by atoms with Crippen molar-refractivity contribution in [2.45, 2.75) is 48.5 Å². The molecule has 2 aromatic rings. The second kappa shape index (κ2) is 7.67. The lowest BCUT2D eigenvalue weighted by molar-refractivity contribution is 0.0292. The number of likely N-dealkylation sites (tertiary alicyclic amines) is 1. The predicted octanol–water partition coefficient (Wildman–Crippen LogP) is 4.09. The van der Waals surface area contributed by atoms with Crippen molar-refractivity contribution in [1.29, 1.82) is 0 Å². The highest BCUT2D eigenvalue weighted by Gasteiger charge is 2.32. The van der Waals surface area contributed by atoms with Crippen LogP contribution in [0.5, 0.6) is 5.75 Å². The number of hydrogen-bond acceptors (Lipinski definition) is 5. The van der Waals surface area contributed by atoms with Crippen LogP contribution < -0.4 is 0 Å². The smallest absolute Gasteiger partial charge is 0.410 e. The molecule has 0 saturated carbocycles. The first kappa shape index (κ1) is 21.1. The Labute approximate surface area is 169 Å². The highest BCUT2D eigenvalue weighted by molar-refractivity contribution is 7.91. The number of halogens is 1. The summed E-state index contributed by atoms with van der Waals surface area (Å²) in [5, 5.41) is 10.5. The highest BCUT2D eigenvalue weighted by Crippen LogP contribution is 2.36. The van der Waals surface area contributed by atoms with Gasteiger partial charge in [0.25, 0.3) is 0 Å². The number of sulfone groups is 1. The number of aromatic hydroxyl groups is 1. The number of rotatable bonds is 3. The standard InChI is InChI=1S/C21H24FNO5S/c1-21(2,3)28-20(25)23-10-9-14(13-23)18-8-7-17(12-19(18)24)29(26,27)16-6-4-5-15(22)11-16/h4-8,11-12,14,24H,9-10,13H2,1-3H3/t14-/m1/s1. The minimum atomic E-state index is -3.95. The van der Waals surface area contributed by atoms with Crippen molar-refractivity contribution >= 4 is 15.9 Å². The van der Waals surface area contributed by atoms with E-state index in [-0.39, 0.29) is 21.5 Å². The van der Waals surface area contributed by atoms with E-state index in [4.69, 9.17) is 4.74 Å². The number of ether oxygens (including phenoxy) is 1. The van der Waals surface area contributed by atoms with E-state index in [2.05, 4.69) is 0 Å².